The Morgan fingerprint density at radius 1 is 1.63 bits per heavy atom. The first-order valence-corrected chi connectivity index (χ1v) is 6.18. The van der Waals surface area contributed by atoms with Crippen LogP contribution in [0.1, 0.15) is 6.92 Å². The third kappa shape index (κ3) is 3.80. The summed E-state index contributed by atoms with van der Waals surface area (Å²) >= 11 is 0.978. The number of aromatic amines is 1. The van der Waals surface area contributed by atoms with Crippen LogP contribution < -0.4 is 5.73 Å². The largest absolute Gasteiger partial charge is 0.494 e. The summed E-state index contributed by atoms with van der Waals surface area (Å²) < 4.78 is 1.39. The highest BCUT2D eigenvalue weighted by molar-refractivity contribution is 7.97. The topological polar surface area (TPSA) is 135 Å². The average Bonchev–Trinajstić information content (AvgIpc) is 2.63. The number of nitrogens with zero attached hydrogens (tertiary/aromatic N) is 2. The van der Waals surface area contributed by atoms with Crippen molar-refractivity contribution in [2.45, 2.75) is 17.9 Å². The molecule has 106 valence electrons. The number of aliphatic hydroxyl groups is 1. The monoisotopic (exact) mass is 288 g/mol. The molecule has 1 unspecified atom stereocenters. The van der Waals surface area contributed by atoms with Gasteiger partial charge in [0.2, 0.25) is 5.88 Å². The van der Waals surface area contributed by atoms with Gasteiger partial charge in [-0.15, -0.1) is 0 Å². The van der Waals surface area contributed by atoms with Crippen molar-refractivity contribution < 1.29 is 20.1 Å². The van der Waals surface area contributed by atoms with Crippen LogP contribution >= 0.6 is 11.9 Å². The molecule has 6 N–H and O–H groups in total. The molecule has 0 bridgehead atoms. The molecule has 0 aliphatic heterocycles. The van der Waals surface area contributed by atoms with Gasteiger partial charge in [-0.05, 0) is 18.9 Å². The number of nitrogens with two attached hydrogens (primary N) is 1. The van der Waals surface area contributed by atoms with Crippen LogP contribution in [0, 0.1) is 0 Å². The van der Waals surface area contributed by atoms with Crippen LogP contribution in [0.5, 0.6) is 11.8 Å². The minimum absolute atomic E-state index is 0.0695. The lowest BCUT2D eigenvalue weighted by Crippen LogP contribution is -2.42. The van der Waals surface area contributed by atoms with Gasteiger partial charge in [-0.1, -0.05) is 0 Å². The van der Waals surface area contributed by atoms with Crippen molar-refractivity contribution in [1.29, 1.82) is 0 Å². The van der Waals surface area contributed by atoms with E-state index < -0.39 is 12.0 Å². The third-order valence-electron chi connectivity index (χ3n) is 2.14. The number of aliphatic hydroxyl groups excluding tert-OH is 1. The molecule has 1 aromatic rings. The van der Waals surface area contributed by atoms with Gasteiger partial charge in [-0.25, -0.2) is 0 Å². The fraction of sp³-hybridized carbons (Fsp3) is 0.400. The highest BCUT2D eigenvalue weighted by atomic mass is 32.2. The number of aromatic hydroxyl groups is 2. The lowest BCUT2D eigenvalue weighted by molar-refractivity contribution is -0.123. The van der Waals surface area contributed by atoms with Crippen molar-refractivity contribution in [2.24, 2.45) is 10.7 Å². The molecule has 9 heteroatoms. The van der Waals surface area contributed by atoms with Crippen LogP contribution in [0.3, 0.4) is 0 Å². The van der Waals surface area contributed by atoms with Gasteiger partial charge < -0.3 is 25.4 Å². The number of hydrogen-bond acceptors (Lipinski definition) is 6. The average molecular weight is 288 g/mol. The Labute approximate surface area is 114 Å². The predicted octanol–water partition coefficient (Wildman–Crippen LogP) is -0.371. The number of carbonyl (C=O) groups is 1. The maximum atomic E-state index is 11.0. The number of hydrogen-bond donors (Lipinski definition) is 5. The highest BCUT2D eigenvalue weighted by Gasteiger charge is 2.24. The molecule has 0 saturated heterocycles. The molecule has 0 aromatic carbocycles. The first kappa shape index (κ1) is 15.2. The minimum atomic E-state index is -1.54. The summed E-state index contributed by atoms with van der Waals surface area (Å²) in [6.45, 7) is 2.10. The molecule has 0 spiro atoms. The smallest absolute Gasteiger partial charge is 0.254 e. The van der Waals surface area contributed by atoms with E-state index in [9.17, 15) is 20.1 Å². The van der Waals surface area contributed by atoms with E-state index in [1.54, 1.807) is 14.0 Å². The van der Waals surface area contributed by atoms with Gasteiger partial charge in [-0.2, -0.15) is 0 Å². The highest BCUT2D eigenvalue weighted by Crippen LogP contribution is 2.33. The SMILES string of the molecule is CCN=C(C(O)C(N)=O)N(C)Sc1cc(O)[nH]c1O. The van der Waals surface area contributed by atoms with E-state index in [0.29, 0.717) is 11.4 Å². The summed E-state index contributed by atoms with van der Waals surface area (Å²) in [5.74, 6) is -1.27. The normalized spacial score (nSPS) is 13.3. The Balaban J connectivity index is 2.89. The zero-order valence-corrected chi connectivity index (χ0v) is 11.3. The molecule has 1 aromatic heterocycles. The Hall–Kier alpha value is -1.87. The number of rotatable bonds is 5. The van der Waals surface area contributed by atoms with E-state index in [0.717, 1.165) is 11.9 Å². The van der Waals surface area contributed by atoms with Gasteiger partial charge in [0, 0.05) is 19.7 Å². The fourth-order valence-electron chi connectivity index (χ4n) is 1.32. The minimum Gasteiger partial charge on any atom is -0.494 e. The Morgan fingerprint density at radius 2 is 2.26 bits per heavy atom. The molecule has 1 rings (SSSR count). The number of carbonyl (C=O) groups excluding carboxylic acids is 1. The van der Waals surface area contributed by atoms with E-state index in [2.05, 4.69) is 9.98 Å². The fourth-order valence-corrected chi connectivity index (χ4v) is 2.17. The second-order valence-electron chi connectivity index (χ2n) is 3.59. The van der Waals surface area contributed by atoms with Crippen LogP contribution in [0.2, 0.25) is 0 Å². The Bertz CT molecular complexity index is 488. The first-order chi connectivity index (χ1) is 8.86. The maximum absolute atomic E-state index is 11.0. The van der Waals surface area contributed by atoms with Crippen molar-refractivity contribution >= 4 is 23.7 Å². The van der Waals surface area contributed by atoms with E-state index in [1.165, 1.54) is 10.4 Å². The van der Waals surface area contributed by atoms with E-state index >= 15 is 0 Å². The molecule has 0 radical (unpaired) electrons. The lowest BCUT2D eigenvalue weighted by Gasteiger charge is -2.21. The molecule has 1 atom stereocenters. The standard InChI is InChI=1S/C10H16N4O4S/c1-3-12-9(7(16)8(11)17)14(2)19-5-4-6(15)13-10(5)18/h4,7,13,15-16,18H,3H2,1-2H3,(H2,11,17). The van der Waals surface area contributed by atoms with E-state index in [-0.39, 0.29) is 17.6 Å². The number of likely N-dealkylation sites (N-methyl/N-ethyl adjacent to an activating group) is 1. The van der Waals surface area contributed by atoms with Gasteiger partial charge in [0.05, 0.1) is 4.90 Å². The molecule has 1 heterocycles. The zero-order valence-electron chi connectivity index (χ0n) is 10.5. The predicted molar refractivity (Wildman–Crippen MR) is 70.9 cm³/mol. The lowest BCUT2D eigenvalue weighted by atomic mass is 10.3. The summed E-state index contributed by atoms with van der Waals surface area (Å²) in [5.41, 5.74) is 5.03. The van der Waals surface area contributed by atoms with Gasteiger partial charge in [-0.3, -0.25) is 14.8 Å². The van der Waals surface area contributed by atoms with Crippen LogP contribution in [-0.2, 0) is 4.79 Å². The number of amides is 1. The molecule has 19 heavy (non-hydrogen) atoms. The molecule has 0 saturated carbocycles. The van der Waals surface area contributed by atoms with Crippen molar-refractivity contribution in [3.05, 3.63) is 6.07 Å². The molecule has 0 fully saturated rings. The molecule has 0 aliphatic carbocycles. The van der Waals surface area contributed by atoms with Gasteiger partial charge in [0.1, 0.15) is 5.84 Å². The van der Waals surface area contributed by atoms with Gasteiger partial charge in [0.25, 0.3) is 5.91 Å². The van der Waals surface area contributed by atoms with Crippen LogP contribution in [-0.4, -0.2) is 56.0 Å². The van der Waals surface area contributed by atoms with E-state index in [1.807, 2.05) is 0 Å². The second kappa shape index (κ2) is 6.34. The zero-order chi connectivity index (χ0) is 14.6. The summed E-state index contributed by atoms with van der Waals surface area (Å²) in [6.07, 6.45) is -1.54. The molecule has 1 amide bonds. The van der Waals surface area contributed by atoms with Crippen molar-refractivity contribution in [2.75, 3.05) is 13.6 Å². The number of aliphatic imine (C=N–C) groups is 1. The van der Waals surface area contributed by atoms with Gasteiger partial charge in [0.15, 0.2) is 12.0 Å². The Kier molecular flexibility index (Phi) is 5.07. The number of aromatic nitrogens is 1. The van der Waals surface area contributed by atoms with Crippen molar-refractivity contribution in [1.82, 2.24) is 9.29 Å². The van der Waals surface area contributed by atoms with E-state index in [4.69, 9.17) is 5.73 Å². The summed E-state index contributed by atoms with van der Waals surface area (Å²) in [5, 5.41) is 28.3. The quantitative estimate of drug-likeness (QED) is 0.285. The van der Waals surface area contributed by atoms with Gasteiger partial charge >= 0.3 is 0 Å². The number of primary amides is 1. The third-order valence-corrected chi connectivity index (χ3v) is 3.11. The van der Waals surface area contributed by atoms with Crippen LogP contribution in [0.4, 0.5) is 0 Å². The van der Waals surface area contributed by atoms with Crippen LogP contribution in [0.15, 0.2) is 16.0 Å². The Morgan fingerprint density at radius 3 is 2.68 bits per heavy atom. The summed E-state index contributed by atoms with van der Waals surface area (Å²) in [6, 6.07) is 1.30. The maximum Gasteiger partial charge on any atom is 0.254 e. The second-order valence-corrected chi connectivity index (χ2v) is 4.76. The number of nitrogens with one attached hydrogen (secondary N) is 1. The van der Waals surface area contributed by atoms with Crippen LogP contribution in [0.25, 0.3) is 0 Å². The molecular formula is C10H16N4O4S. The molecule has 0 aliphatic rings. The summed E-state index contributed by atoms with van der Waals surface area (Å²) in [4.78, 5) is 17.6. The molecular weight excluding hydrogens is 272 g/mol. The number of H-pyrrole nitrogens is 1. The van der Waals surface area contributed by atoms with Crippen molar-refractivity contribution in [3.63, 3.8) is 0 Å². The summed E-state index contributed by atoms with van der Waals surface area (Å²) in [7, 11) is 1.55. The van der Waals surface area contributed by atoms with Crippen molar-refractivity contribution in [3.8, 4) is 11.8 Å². The number of amidine groups is 1. The molecule has 8 nitrogen and oxygen atoms in total. The first-order valence-electron chi connectivity index (χ1n) is 5.41.